The Hall–Kier alpha value is -1.87. The summed E-state index contributed by atoms with van der Waals surface area (Å²) in [6.07, 6.45) is 1.14. The molecule has 1 aromatic heterocycles. The maximum Gasteiger partial charge on any atom is 0.296 e. The number of hydrogen-bond donors (Lipinski definition) is 3. The molecule has 0 aliphatic heterocycles. The zero-order chi connectivity index (χ0) is 13.7. The molecule has 0 bridgehead atoms. The van der Waals surface area contributed by atoms with E-state index in [0.29, 0.717) is 27.1 Å². The van der Waals surface area contributed by atoms with Crippen molar-refractivity contribution in [1.82, 2.24) is 10.2 Å². The van der Waals surface area contributed by atoms with Gasteiger partial charge in [0.1, 0.15) is 6.61 Å². The fourth-order valence-electron chi connectivity index (χ4n) is 1.44. The monoisotopic (exact) mass is 299 g/mol. The quantitative estimate of drug-likeness (QED) is 0.560. The second-order valence-electron chi connectivity index (χ2n) is 3.40. The third-order valence-corrected chi connectivity index (χ3v) is 3.20. The van der Waals surface area contributed by atoms with Gasteiger partial charge in [-0.2, -0.15) is 0 Å². The fraction of sp³-hybridized carbons (Fsp3) is 0.100. The molecule has 19 heavy (non-hydrogen) atoms. The van der Waals surface area contributed by atoms with E-state index in [-0.39, 0.29) is 18.9 Å². The van der Waals surface area contributed by atoms with Crippen LogP contribution in [0.3, 0.4) is 0 Å². The smallest absolute Gasteiger partial charge is 0.296 e. The summed E-state index contributed by atoms with van der Waals surface area (Å²) < 4.78 is 20.3. The van der Waals surface area contributed by atoms with Crippen LogP contribution in [0, 0.1) is 5.41 Å². The Morgan fingerprint density at radius 2 is 2.37 bits per heavy atom. The molecule has 2 aromatic rings. The number of benzene rings is 1. The van der Waals surface area contributed by atoms with Crippen LogP contribution in [-0.4, -0.2) is 16.4 Å². The lowest BCUT2D eigenvalue weighted by atomic mass is 10.1. The Labute approximate surface area is 117 Å². The van der Waals surface area contributed by atoms with Gasteiger partial charge in [-0.1, -0.05) is 23.3 Å². The number of aromatic nitrogens is 2. The molecule has 2 rings (SSSR count). The Morgan fingerprint density at radius 3 is 3.00 bits per heavy atom. The molecule has 1 aromatic carbocycles. The molecule has 0 spiro atoms. The van der Waals surface area contributed by atoms with Crippen LogP contribution >= 0.6 is 23.7 Å². The number of nitrogens with zero attached hydrogens (tertiary/aromatic N) is 2. The highest BCUT2D eigenvalue weighted by Gasteiger charge is 2.09. The van der Waals surface area contributed by atoms with E-state index in [1.54, 1.807) is 18.2 Å². The highest BCUT2D eigenvalue weighted by Crippen LogP contribution is 2.26. The van der Waals surface area contributed by atoms with E-state index in [9.17, 15) is 3.89 Å². The first kappa shape index (κ1) is 13.6. The Morgan fingerprint density at radius 1 is 1.53 bits per heavy atom. The number of halogens is 1. The Kier molecular flexibility index (Phi) is 4.53. The van der Waals surface area contributed by atoms with Crippen LogP contribution in [-0.2, 0) is 6.61 Å². The second-order valence-corrected chi connectivity index (χ2v) is 4.73. The molecular weight excluding hydrogens is 289 g/mol. The van der Waals surface area contributed by atoms with Gasteiger partial charge in [-0.3, -0.25) is 0 Å². The zero-order valence-corrected chi connectivity index (χ0v) is 11.2. The van der Waals surface area contributed by atoms with Crippen molar-refractivity contribution in [2.24, 2.45) is 0 Å². The van der Waals surface area contributed by atoms with Gasteiger partial charge in [-0.15, -0.1) is 8.98 Å². The number of ether oxygens (including phenoxy) is 1. The molecule has 0 saturated heterocycles. The molecular formula is C10H10FN5OS2. The fourth-order valence-corrected chi connectivity index (χ4v) is 2.23. The first-order valence-electron chi connectivity index (χ1n) is 5.12. The van der Waals surface area contributed by atoms with Gasteiger partial charge in [0, 0.05) is 17.3 Å². The summed E-state index contributed by atoms with van der Waals surface area (Å²) in [6.45, 7) is 0.180. The van der Waals surface area contributed by atoms with Crippen LogP contribution in [0.25, 0.3) is 0 Å². The first-order valence-corrected chi connectivity index (χ1v) is 6.65. The summed E-state index contributed by atoms with van der Waals surface area (Å²) in [7, 11) is 0. The molecule has 9 heteroatoms. The molecule has 0 atom stereocenters. The van der Waals surface area contributed by atoms with E-state index in [2.05, 4.69) is 14.9 Å². The standard InChI is InChI=1S/C10H10FN5OS2/c11-19-16-8-6(4-12)2-1-3-7(8)5-17-10-15-14-9(13)18-10/h1-4,12,16H,5H2,(H2,13,14). The van der Waals surface area contributed by atoms with Crippen molar-refractivity contribution in [3.05, 3.63) is 29.3 Å². The zero-order valence-electron chi connectivity index (χ0n) is 9.59. The largest absolute Gasteiger partial charge is 0.464 e. The minimum Gasteiger partial charge on any atom is -0.464 e. The van der Waals surface area contributed by atoms with E-state index in [1.165, 1.54) is 0 Å². The average Bonchev–Trinajstić information content (AvgIpc) is 2.83. The van der Waals surface area contributed by atoms with E-state index in [0.717, 1.165) is 17.6 Å². The van der Waals surface area contributed by atoms with Gasteiger partial charge in [0.05, 0.1) is 5.69 Å². The van der Waals surface area contributed by atoms with Gasteiger partial charge in [-0.25, -0.2) is 0 Å². The highest BCUT2D eigenvalue weighted by atomic mass is 32.2. The molecule has 0 aliphatic rings. The van der Waals surface area contributed by atoms with Crippen LogP contribution in [0.15, 0.2) is 18.2 Å². The average molecular weight is 299 g/mol. The Bertz CT molecular complexity index is 577. The normalized spacial score (nSPS) is 10.2. The van der Waals surface area contributed by atoms with E-state index in [4.69, 9.17) is 15.9 Å². The topological polar surface area (TPSA) is 96.9 Å². The lowest BCUT2D eigenvalue weighted by Crippen LogP contribution is -2.02. The predicted molar refractivity (Wildman–Crippen MR) is 75.3 cm³/mol. The molecule has 100 valence electrons. The number of anilines is 2. The second kappa shape index (κ2) is 6.34. The molecule has 0 amide bonds. The lowest BCUT2D eigenvalue weighted by molar-refractivity contribution is 0.302. The molecule has 4 N–H and O–H groups in total. The lowest BCUT2D eigenvalue weighted by Gasteiger charge is -2.11. The van der Waals surface area contributed by atoms with Gasteiger partial charge < -0.3 is 20.6 Å². The molecule has 1 heterocycles. The maximum absolute atomic E-state index is 12.4. The first-order chi connectivity index (χ1) is 9.24. The van der Waals surface area contributed by atoms with Crippen LogP contribution in [0.5, 0.6) is 5.19 Å². The van der Waals surface area contributed by atoms with Gasteiger partial charge >= 0.3 is 0 Å². The molecule has 0 saturated carbocycles. The van der Waals surface area contributed by atoms with E-state index in [1.807, 2.05) is 0 Å². The van der Waals surface area contributed by atoms with Crippen LogP contribution in [0.2, 0.25) is 0 Å². The number of nitrogens with two attached hydrogens (primary N) is 1. The van der Waals surface area contributed by atoms with E-state index < -0.39 is 0 Å². The van der Waals surface area contributed by atoms with Crippen molar-refractivity contribution < 1.29 is 8.62 Å². The van der Waals surface area contributed by atoms with Crippen molar-refractivity contribution >= 4 is 40.7 Å². The van der Waals surface area contributed by atoms with Crippen molar-refractivity contribution in [3.63, 3.8) is 0 Å². The van der Waals surface area contributed by atoms with Crippen molar-refractivity contribution in [2.45, 2.75) is 6.61 Å². The van der Waals surface area contributed by atoms with Crippen molar-refractivity contribution in [3.8, 4) is 5.19 Å². The number of hydrogen-bond acceptors (Lipinski definition) is 8. The van der Waals surface area contributed by atoms with Gasteiger partial charge in [0.25, 0.3) is 5.19 Å². The summed E-state index contributed by atoms with van der Waals surface area (Å²) in [5.74, 6) is 0. The van der Waals surface area contributed by atoms with Crippen LogP contribution < -0.4 is 15.2 Å². The third-order valence-electron chi connectivity index (χ3n) is 2.25. The van der Waals surface area contributed by atoms with Crippen molar-refractivity contribution in [2.75, 3.05) is 10.5 Å². The molecule has 6 nitrogen and oxygen atoms in total. The van der Waals surface area contributed by atoms with Gasteiger partial charge in [0.15, 0.2) is 12.3 Å². The summed E-state index contributed by atoms with van der Waals surface area (Å²) in [5.41, 5.74) is 7.22. The summed E-state index contributed by atoms with van der Waals surface area (Å²) in [6, 6.07) is 5.25. The van der Waals surface area contributed by atoms with E-state index >= 15 is 0 Å². The summed E-state index contributed by atoms with van der Waals surface area (Å²) >= 11 is 1.09. The van der Waals surface area contributed by atoms with Crippen LogP contribution in [0.1, 0.15) is 11.1 Å². The molecule has 0 fully saturated rings. The SMILES string of the molecule is N=Cc1cccc(COc2nnc(N)s2)c1NSF. The van der Waals surface area contributed by atoms with Crippen molar-refractivity contribution in [1.29, 1.82) is 5.41 Å². The Balaban J connectivity index is 2.16. The highest BCUT2D eigenvalue weighted by molar-refractivity contribution is 7.95. The summed E-state index contributed by atoms with van der Waals surface area (Å²) in [4.78, 5) is 0. The van der Waals surface area contributed by atoms with Crippen LogP contribution in [0.4, 0.5) is 14.7 Å². The number of nitrogens with one attached hydrogen (secondary N) is 2. The molecule has 0 aliphatic carbocycles. The number of para-hydroxylation sites is 1. The molecule has 0 unspecified atom stereocenters. The third kappa shape index (κ3) is 3.32. The minimum atomic E-state index is -0.0300. The number of nitrogen functional groups attached to an aromatic ring is 1. The number of rotatable bonds is 6. The van der Waals surface area contributed by atoms with Gasteiger partial charge in [0.2, 0.25) is 5.13 Å². The predicted octanol–water partition coefficient (Wildman–Crippen LogP) is 2.64. The minimum absolute atomic E-state index is 0.0300. The molecule has 0 radical (unpaired) electrons. The summed E-state index contributed by atoms with van der Waals surface area (Å²) in [5, 5.41) is 15.3. The van der Waals surface area contributed by atoms with Gasteiger partial charge in [-0.05, 0) is 11.3 Å². The maximum atomic E-state index is 12.4.